The summed E-state index contributed by atoms with van der Waals surface area (Å²) in [5.41, 5.74) is 3.28. The number of likely N-dealkylation sites (tertiary alicyclic amines) is 1. The molecule has 2 aliphatic heterocycles. The molecule has 0 bridgehead atoms. The van der Waals surface area contributed by atoms with Gasteiger partial charge in [0.1, 0.15) is 5.75 Å². The van der Waals surface area contributed by atoms with E-state index in [2.05, 4.69) is 9.88 Å². The number of methoxy groups -OCH3 is 1. The molecule has 4 heterocycles. The summed E-state index contributed by atoms with van der Waals surface area (Å²) in [5.74, 6) is 1.33. The molecule has 2 fully saturated rings. The SMILES string of the molecule is COc1ccccc1C(=O)N1CCC[C@@H]1c1nn(C)cc1-c1ccnc(N2CCCC2)n1. The lowest BCUT2D eigenvalue weighted by atomic mass is 10.0. The van der Waals surface area contributed by atoms with Crippen LogP contribution in [0.4, 0.5) is 5.95 Å². The van der Waals surface area contributed by atoms with Crippen LogP contribution in [0.15, 0.2) is 42.7 Å². The van der Waals surface area contributed by atoms with Crippen molar-refractivity contribution in [1.29, 1.82) is 0 Å². The second-order valence-electron chi connectivity index (χ2n) is 8.39. The van der Waals surface area contributed by atoms with Crippen molar-refractivity contribution in [2.45, 2.75) is 31.7 Å². The Morgan fingerprint density at radius 2 is 1.91 bits per heavy atom. The van der Waals surface area contributed by atoms with Crippen molar-refractivity contribution in [3.63, 3.8) is 0 Å². The largest absolute Gasteiger partial charge is 0.496 e. The first-order valence-electron chi connectivity index (χ1n) is 11.2. The number of nitrogens with zero attached hydrogens (tertiary/aromatic N) is 6. The second-order valence-corrected chi connectivity index (χ2v) is 8.39. The Labute approximate surface area is 187 Å². The van der Waals surface area contributed by atoms with E-state index < -0.39 is 0 Å². The lowest BCUT2D eigenvalue weighted by molar-refractivity contribution is 0.0729. The van der Waals surface area contributed by atoms with Crippen molar-refractivity contribution in [2.24, 2.45) is 7.05 Å². The van der Waals surface area contributed by atoms with Crippen molar-refractivity contribution in [3.8, 4) is 17.0 Å². The Hall–Kier alpha value is -3.42. The third kappa shape index (κ3) is 3.70. The minimum Gasteiger partial charge on any atom is -0.496 e. The molecule has 8 nitrogen and oxygen atoms in total. The third-order valence-electron chi connectivity index (χ3n) is 6.33. The normalized spacial score (nSPS) is 18.4. The van der Waals surface area contributed by atoms with Gasteiger partial charge in [-0.1, -0.05) is 12.1 Å². The Bertz CT molecular complexity index is 1120. The van der Waals surface area contributed by atoms with E-state index in [-0.39, 0.29) is 11.9 Å². The van der Waals surface area contributed by atoms with Gasteiger partial charge in [-0.05, 0) is 43.9 Å². The fourth-order valence-electron chi connectivity index (χ4n) is 4.79. The number of ether oxygens (including phenoxy) is 1. The molecule has 5 rings (SSSR count). The maximum absolute atomic E-state index is 13.5. The van der Waals surface area contributed by atoms with Crippen LogP contribution in [0.2, 0.25) is 0 Å². The number of anilines is 1. The lowest BCUT2D eigenvalue weighted by Crippen LogP contribution is -2.31. The Kier molecular flexibility index (Phi) is 5.51. The van der Waals surface area contributed by atoms with Crippen molar-refractivity contribution in [2.75, 3.05) is 31.6 Å². The molecule has 8 heteroatoms. The molecule has 0 radical (unpaired) electrons. The smallest absolute Gasteiger partial charge is 0.258 e. The van der Waals surface area contributed by atoms with Crippen LogP contribution in [0.3, 0.4) is 0 Å². The molecule has 0 unspecified atom stereocenters. The topological polar surface area (TPSA) is 76.4 Å². The van der Waals surface area contributed by atoms with E-state index in [1.807, 2.05) is 59.4 Å². The molecule has 32 heavy (non-hydrogen) atoms. The molecule has 0 saturated carbocycles. The number of carbonyl (C=O) groups is 1. The first kappa shape index (κ1) is 20.5. The zero-order valence-corrected chi connectivity index (χ0v) is 18.6. The fraction of sp³-hybridized carbons (Fsp3) is 0.417. The van der Waals surface area contributed by atoms with Crippen LogP contribution in [0.25, 0.3) is 11.3 Å². The molecule has 0 spiro atoms. The standard InChI is InChI=1S/C24H28N6O2/c1-28-16-18(19-11-12-25-24(26-19)29-13-5-6-14-29)22(27-28)20-9-7-15-30(20)23(31)17-8-3-4-10-21(17)32-2/h3-4,8,10-12,16,20H,5-7,9,13-15H2,1-2H3/t20-/m1/s1. The molecule has 1 atom stereocenters. The van der Waals surface area contributed by atoms with E-state index in [1.165, 1.54) is 12.8 Å². The third-order valence-corrected chi connectivity index (χ3v) is 6.33. The molecule has 1 amide bonds. The van der Waals surface area contributed by atoms with Crippen LogP contribution in [-0.4, -0.2) is 57.3 Å². The average molecular weight is 433 g/mol. The summed E-state index contributed by atoms with van der Waals surface area (Å²) in [7, 11) is 3.51. The highest BCUT2D eigenvalue weighted by atomic mass is 16.5. The van der Waals surface area contributed by atoms with Gasteiger partial charge >= 0.3 is 0 Å². The number of amides is 1. The van der Waals surface area contributed by atoms with Crippen molar-refractivity contribution >= 4 is 11.9 Å². The first-order valence-corrected chi connectivity index (χ1v) is 11.2. The summed E-state index contributed by atoms with van der Waals surface area (Å²) >= 11 is 0. The Morgan fingerprint density at radius 1 is 1.09 bits per heavy atom. The second kappa shape index (κ2) is 8.61. The van der Waals surface area contributed by atoms with Crippen LogP contribution in [0.5, 0.6) is 5.75 Å². The summed E-state index contributed by atoms with van der Waals surface area (Å²) < 4.78 is 7.25. The van der Waals surface area contributed by atoms with Crippen LogP contribution in [0.1, 0.15) is 47.8 Å². The van der Waals surface area contributed by atoms with Gasteiger partial charge in [-0.2, -0.15) is 5.10 Å². The number of carbonyl (C=O) groups excluding carboxylic acids is 1. The van der Waals surface area contributed by atoms with Crippen LogP contribution in [0, 0.1) is 0 Å². The van der Waals surface area contributed by atoms with E-state index in [4.69, 9.17) is 14.8 Å². The van der Waals surface area contributed by atoms with E-state index >= 15 is 0 Å². The summed E-state index contributed by atoms with van der Waals surface area (Å²) in [6.07, 6.45) is 7.97. The van der Waals surface area contributed by atoms with Gasteiger partial charge in [0, 0.05) is 44.6 Å². The maximum atomic E-state index is 13.5. The zero-order chi connectivity index (χ0) is 22.1. The van der Waals surface area contributed by atoms with Crippen molar-refractivity contribution in [1.82, 2.24) is 24.6 Å². The van der Waals surface area contributed by atoms with Crippen molar-refractivity contribution in [3.05, 3.63) is 54.0 Å². The summed E-state index contributed by atoms with van der Waals surface area (Å²) in [5, 5.41) is 4.78. The Morgan fingerprint density at radius 3 is 2.72 bits per heavy atom. The molecular weight excluding hydrogens is 404 g/mol. The van der Waals surface area contributed by atoms with Crippen LogP contribution in [-0.2, 0) is 7.05 Å². The molecule has 0 N–H and O–H groups in total. The van der Waals surface area contributed by atoms with Gasteiger partial charge in [0.05, 0.1) is 30.1 Å². The monoisotopic (exact) mass is 432 g/mol. The molecule has 166 valence electrons. The number of hydrogen-bond acceptors (Lipinski definition) is 6. The predicted molar refractivity (Wildman–Crippen MR) is 122 cm³/mol. The number of benzene rings is 1. The van der Waals surface area contributed by atoms with Gasteiger partial charge in [-0.25, -0.2) is 9.97 Å². The highest BCUT2D eigenvalue weighted by Gasteiger charge is 2.35. The van der Waals surface area contributed by atoms with Crippen LogP contribution >= 0.6 is 0 Å². The first-order chi connectivity index (χ1) is 15.7. The van der Waals surface area contributed by atoms with Gasteiger partial charge in [-0.3, -0.25) is 9.48 Å². The minimum atomic E-state index is -0.103. The highest BCUT2D eigenvalue weighted by Crippen LogP contribution is 2.38. The number of rotatable bonds is 5. The molecule has 2 aromatic heterocycles. The minimum absolute atomic E-state index is 0.0259. The van der Waals surface area contributed by atoms with Gasteiger partial charge in [0.25, 0.3) is 5.91 Å². The van der Waals surface area contributed by atoms with Crippen molar-refractivity contribution < 1.29 is 9.53 Å². The number of hydrogen-bond donors (Lipinski definition) is 0. The maximum Gasteiger partial charge on any atom is 0.258 e. The predicted octanol–water partition coefficient (Wildman–Crippen LogP) is 3.46. The molecule has 0 aliphatic carbocycles. The van der Waals surface area contributed by atoms with E-state index in [1.54, 1.807) is 7.11 Å². The molecule has 1 aromatic carbocycles. The summed E-state index contributed by atoms with van der Waals surface area (Å²) in [6, 6.07) is 9.22. The zero-order valence-electron chi connectivity index (χ0n) is 18.6. The summed E-state index contributed by atoms with van der Waals surface area (Å²) in [4.78, 5) is 27.0. The number of aromatic nitrogens is 4. The molecule has 2 saturated heterocycles. The highest BCUT2D eigenvalue weighted by molar-refractivity contribution is 5.97. The fourth-order valence-corrected chi connectivity index (χ4v) is 4.79. The number of aryl methyl sites for hydroxylation is 1. The van der Waals surface area contributed by atoms with Gasteiger partial charge in [0.15, 0.2) is 0 Å². The van der Waals surface area contributed by atoms with Gasteiger partial charge in [0.2, 0.25) is 5.95 Å². The average Bonchev–Trinajstić information content (AvgIpc) is 3.59. The number of para-hydroxylation sites is 1. The van der Waals surface area contributed by atoms with E-state index in [0.717, 1.165) is 48.8 Å². The van der Waals surface area contributed by atoms with Gasteiger partial charge < -0.3 is 14.5 Å². The lowest BCUT2D eigenvalue weighted by Gasteiger charge is -2.25. The van der Waals surface area contributed by atoms with E-state index in [9.17, 15) is 4.79 Å². The molecule has 3 aromatic rings. The summed E-state index contributed by atoms with van der Waals surface area (Å²) in [6.45, 7) is 2.68. The van der Waals surface area contributed by atoms with Crippen LogP contribution < -0.4 is 9.64 Å². The van der Waals surface area contributed by atoms with Gasteiger partial charge in [-0.15, -0.1) is 0 Å². The molecular formula is C24H28N6O2. The Balaban J connectivity index is 1.49. The van der Waals surface area contributed by atoms with E-state index in [0.29, 0.717) is 17.9 Å². The quantitative estimate of drug-likeness (QED) is 0.615. The molecule has 2 aliphatic rings.